The maximum absolute atomic E-state index is 9.22. The van der Waals surface area contributed by atoms with Crippen LogP contribution in [0, 0.1) is 11.3 Å². The minimum Gasteiger partial charge on any atom is -0.380 e. The maximum atomic E-state index is 9.22. The van der Waals surface area contributed by atoms with E-state index in [1.165, 1.54) is 0 Å². The predicted octanol–water partition coefficient (Wildman–Crippen LogP) is 2.94. The third kappa shape index (κ3) is 2.62. The Morgan fingerprint density at radius 1 is 1.53 bits per heavy atom. The molecule has 17 heavy (non-hydrogen) atoms. The van der Waals surface area contributed by atoms with Gasteiger partial charge in [-0.15, -0.1) is 0 Å². The minimum atomic E-state index is 0.272. The van der Waals surface area contributed by atoms with E-state index in [1.807, 2.05) is 18.2 Å². The number of hydrogen-bond donors (Lipinski definition) is 0. The van der Waals surface area contributed by atoms with Crippen molar-refractivity contribution in [3.05, 3.63) is 28.2 Å². The Hall–Kier alpha value is -1.05. The van der Waals surface area contributed by atoms with E-state index in [-0.39, 0.29) is 6.10 Å². The van der Waals surface area contributed by atoms with Crippen LogP contribution in [0.5, 0.6) is 0 Å². The first-order valence-electron chi connectivity index (χ1n) is 5.72. The van der Waals surface area contributed by atoms with Crippen LogP contribution in [-0.2, 0) is 4.74 Å². The summed E-state index contributed by atoms with van der Waals surface area (Å²) in [5, 5.41) is 9.22. The molecule has 4 heteroatoms. The summed E-state index contributed by atoms with van der Waals surface area (Å²) < 4.78 is 6.27. The zero-order valence-corrected chi connectivity index (χ0v) is 11.4. The predicted molar refractivity (Wildman–Crippen MR) is 71.1 cm³/mol. The number of ether oxygens (including phenoxy) is 1. The molecule has 0 saturated carbocycles. The second-order valence-corrected chi connectivity index (χ2v) is 5.05. The fourth-order valence-corrected chi connectivity index (χ4v) is 2.68. The van der Waals surface area contributed by atoms with Crippen molar-refractivity contribution >= 4 is 21.6 Å². The number of benzene rings is 1. The van der Waals surface area contributed by atoms with Gasteiger partial charge in [-0.25, -0.2) is 0 Å². The summed E-state index contributed by atoms with van der Waals surface area (Å²) in [6.45, 7) is 1.85. The van der Waals surface area contributed by atoms with Gasteiger partial charge in [-0.05, 0) is 40.9 Å². The average Bonchev–Trinajstić information content (AvgIpc) is 2.38. The van der Waals surface area contributed by atoms with E-state index in [4.69, 9.17) is 4.74 Å². The SMILES string of the molecule is COC1CCCN(c2cccc(Br)c2C#N)C1. The maximum Gasteiger partial charge on any atom is 0.103 e. The first kappa shape index (κ1) is 12.4. The molecule has 0 N–H and O–H groups in total. The standard InChI is InChI=1S/C13H15BrN2O/c1-17-10-4-3-7-16(9-10)13-6-2-5-12(14)11(13)8-15/h2,5-6,10H,3-4,7,9H2,1H3. The van der Waals surface area contributed by atoms with E-state index >= 15 is 0 Å². The molecular weight excluding hydrogens is 280 g/mol. The number of anilines is 1. The molecule has 0 aromatic heterocycles. The van der Waals surface area contributed by atoms with E-state index < -0.39 is 0 Å². The number of piperidine rings is 1. The number of methoxy groups -OCH3 is 1. The van der Waals surface area contributed by atoms with Crippen molar-refractivity contribution in [1.82, 2.24) is 0 Å². The molecule has 3 nitrogen and oxygen atoms in total. The summed E-state index contributed by atoms with van der Waals surface area (Å²) in [6, 6.07) is 8.14. The lowest BCUT2D eigenvalue weighted by Crippen LogP contribution is -2.39. The lowest BCUT2D eigenvalue weighted by atomic mass is 10.1. The topological polar surface area (TPSA) is 36.3 Å². The summed E-state index contributed by atoms with van der Waals surface area (Å²) in [5.74, 6) is 0. The molecule has 0 amide bonds. The molecule has 0 aliphatic carbocycles. The first-order valence-corrected chi connectivity index (χ1v) is 6.52. The Morgan fingerprint density at radius 3 is 3.06 bits per heavy atom. The first-order chi connectivity index (χ1) is 8.26. The van der Waals surface area contributed by atoms with E-state index in [2.05, 4.69) is 26.9 Å². The van der Waals surface area contributed by atoms with Crippen molar-refractivity contribution in [2.75, 3.05) is 25.1 Å². The Morgan fingerprint density at radius 2 is 2.35 bits per heavy atom. The summed E-state index contributed by atoms with van der Waals surface area (Å²) >= 11 is 3.43. The van der Waals surface area contributed by atoms with Crippen molar-refractivity contribution in [3.8, 4) is 6.07 Å². The second kappa shape index (κ2) is 5.52. The Balaban J connectivity index is 2.28. The normalized spacial score (nSPS) is 20.1. The molecule has 1 aliphatic heterocycles. The molecule has 0 bridgehead atoms. The highest BCUT2D eigenvalue weighted by Crippen LogP contribution is 2.29. The lowest BCUT2D eigenvalue weighted by molar-refractivity contribution is 0.0893. The lowest BCUT2D eigenvalue weighted by Gasteiger charge is -2.34. The smallest absolute Gasteiger partial charge is 0.103 e. The molecule has 1 atom stereocenters. The van der Waals surface area contributed by atoms with E-state index in [0.29, 0.717) is 5.56 Å². The van der Waals surface area contributed by atoms with Crippen LogP contribution in [-0.4, -0.2) is 26.3 Å². The van der Waals surface area contributed by atoms with Gasteiger partial charge in [0.25, 0.3) is 0 Å². The van der Waals surface area contributed by atoms with Gasteiger partial charge in [-0.3, -0.25) is 0 Å². The van der Waals surface area contributed by atoms with Crippen molar-refractivity contribution in [3.63, 3.8) is 0 Å². The molecule has 90 valence electrons. The third-order valence-corrected chi connectivity index (χ3v) is 3.82. The van der Waals surface area contributed by atoms with Gasteiger partial charge in [0.05, 0.1) is 17.4 Å². The Labute approximate surface area is 110 Å². The number of halogens is 1. The van der Waals surface area contributed by atoms with Gasteiger partial charge < -0.3 is 9.64 Å². The van der Waals surface area contributed by atoms with Gasteiger partial charge in [-0.2, -0.15) is 5.26 Å². The largest absolute Gasteiger partial charge is 0.380 e. The molecule has 1 heterocycles. The van der Waals surface area contributed by atoms with Crippen molar-refractivity contribution in [2.24, 2.45) is 0 Å². The highest BCUT2D eigenvalue weighted by Gasteiger charge is 2.22. The van der Waals surface area contributed by atoms with Gasteiger partial charge in [0.2, 0.25) is 0 Å². The number of rotatable bonds is 2. The number of hydrogen-bond acceptors (Lipinski definition) is 3. The van der Waals surface area contributed by atoms with Crippen LogP contribution in [0.15, 0.2) is 22.7 Å². The highest BCUT2D eigenvalue weighted by molar-refractivity contribution is 9.10. The van der Waals surface area contributed by atoms with Gasteiger partial charge in [0, 0.05) is 24.7 Å². The minimum absolute atomic E-state index is 0.272. The van der Waals surface area contributed by atoms with E-state index in [9.17, 15) is 5.26 Å². The van der Waals surface area contributed by atoms with Crippen molar-refractivity contribution in [1.29, 1.82) is 5.26 Å². The van der Waals surface area contributed by atoms with Crippen molar-refractivity contribution < 1.29 is 4.74 Å². The van der Waals surface area contributed by atoms with Crippen LogP contribution in [0.3, 0.4) is 0 Å². The molecule has 1 fully saturated rings. The van der Waals surface area contributed by atoms with E-state index in [1.54, 1.807) is 7.11 Å². The second-order valence-electron chi connectivity index (χ2n) is 4.19. The van der Waals surface area contributed by atoms with Gasteiger partial charge in [0.1, 0.15) is 6.07 Å². The molecule has 0 radical (unpaired) electrons. The van der Waals surface area contributed by atoms with Crippen LogP contribution in [0.1, 0.15) is 18.4 Å². The van der Waals surface area contributed by atoms with Crippen LogP contribution < -0.4 is 4.90 Å². The molecule has 1 aliphatic rings. The zero-order chi connectivity index (χ0) is 12.3. The summed E-state index contributed by atoms with van der Waals surface area (Å²) in [5.41, 5.74) is 1.72. The average molecular weight is 295 g/mol. The molecular formula is C13H15BrN2O. The van der Waals surface area contributed by atoms with Crippen LogP contribution >= 0.6 is 15.9 Å². The number of nitriles is 1. The monoisotopic (exact) mass is 294 g/mol. The third-order valence-electron chi connectivity index (χ3n) is 3.16. The zero-order valence-electron chi connectivity index (χ0n) is 9.82. The van der Waals surface area contributed by atoms with Gasteiger partial charge in [0.15, 0.2) is 0 Å². The molecule has 1 aromatic rings. The number of nitrogens with zero attached hydrogens (tertiary/aromatic N) is 2. The van der Waals surface area contributed by atoms with Gasteiger partial charge >= 0.3 is 0 Å². The van der Waals surface area contributed by atoms with Crippen LogP contribution in [0.2, 0.25) is 0 Å². The summed E-state index contributed by atoms with van der Waals surface area (Å²) in [6.07, 6.45) is 2.48. The molecule has 2 rings (SSSR count). The summed E-state index contributed by atoms with van der Waals surface area (Å²) in [4.78, 5) is 2.24. The summed E-state index contributed by atoms with van der Waals surface area (Å²) in [7, 11) is 1.75. The fraction of sp³-hybridized carbons (Fsp3) is 0.462. The fourth-order valence-electron chi connectivity index (χ4n) is 2.24. The van der Waals surface area contributed by atoms with Crippen molar-refractivity contribution in [2.45, 2.75) is 18.9 Å². The Kier molecular flexibility index (Phi) is 4.03. The molecule has 0 spiro atoms. The molecule has 1 unspecified atom stereocenters. The van der Waals surface area contributed by atoms with Crippen LogP contribution in [0.25, 0.3) is 0 Å². The quantitative estimate of drug-likeness (QED) is 0.841. The van der Waals surface area contributed by atoms with Gasteiger partial charge in [-0.1, -0.05) is 6.07 Å². The molecule has 1 aromatic carbocycles. The van der Waals surface area contributed by atoms with E-state index in [0.717, 1.165) is 36.1 Å². The highest BCUT2D eigenvalue weighted by atomic mass is 79.9. The van der Waals surface area contributed by atoms with Crippen LogP contribution in [0.4, 0.5) is 5.69 Å². The molecule has 1 saturated heterocycles. The Bertz CT molecular complexity index is 442.